The molecule has 1 radical (unpaired) electrons. The maximum Gasteiger partial charge on any atom is 0.460 e. The predicted molar refractivity (Wildman–Crippen MR) is 131 cm³/mol. The van der Waals surface area contributed by atoms with Crippen LogP contribution in [0.25, 0.3) is 32.9 Å². The summed E-state index contributed by atoms with van der Waals surface area (Å²) in [5, 5.41) is -7.15. The van der Waals surface area contributed by atoms with Gasteiger partial charge in [-0.15, -0.1) is 0 Å². The van der Waals surface area contributed by atoms with Gasteiger partial charge in [-0.25, -0.2) is 4.79 Å². The highest BCUT2D eigenvalue weighted by atomic mass is 127. The second-order valence-electron chi connectivity index (χ2n) is 8.93. The molecular weight excluding hydrogens is 754 g/mol. The molecule has 44 heavy (non-hydrogen) atoms. The van der Waals surface area contributed by atoms with E-state index in [-0.39, 0.29) is 36.5 Å². The van der Waals surface area contributed by atoms with Crippen molar-refractivity contribution in [3.63, 3.8) is 0 Å². The van der Waals surface area contributed by atoms with Crippen molar-refractivity contribution in [1.82, 2.24) is 0 Å². The molecule has 0 spiro atoms. The lowest BCUT2D eigenvalue weighted by Gasteiger charge is -2.31. The minimum atomic E-state index is -7.53. The van der Waals surface area contributed by atoms with E-state index < -0.39 is 68.3 Å². The van der Waals surface area contributed by atoms with Gasteiger partial charge in [0.15, 0.2) is 7.14 Å². The first kappa shape index (κ1) is 31.8. The van der Waals surface area contributed by atoms with E-state index in [4.69, 9.17) is 8.83 Å². The van der Waals surface area contributed by atoms with Crippen molar-refractivity contribution in [3.05, 3.63) is 101 Å². The summed E-state index contributed by atoms with van der Waals surface area (Å²) in [5.74, 6) is -15.0. The van der Waals surface area contributed by atoms with Gasteiger partial charge in [-0.05, 0) is 45.0 Å². The number of alkyl halides is 9. The molecule has 18 heteroatoms. The molecule has 0 atom stereocenters. The molecule has 0 aliphatic rings. The molecule has 2 heterocycles. The molecule has 0 aliphatic heterocycles. The third kappa shape index (κ3) is 5.01. The lowest BCUT2D eigenvalue weighted by molar-refractivity contribution is -1.03. The van der Waals surface area contributed by atoms with Gasteiger partial charge in [-0.3, -0.25) is 4.79 Å². The molecule has 0 N–H and O–H groups in total. The summed E-state index contributed by atoms with van der Waals surface area (Å²) in [4.78, 5) is 24.8. The van der Waals surface area contributed by atoms with Gasteiger partial charge in [-0.1, -0.05) is 12.1 Å². The van der Waals surface area contributed by atoms with E-state index in [2.05, 4.69) is 2.51 Å². The van der Waals surface area contributed by atoms with E-state index in [1.165, 1.54) is 30.3 Å². The molecule has 0 saturated carbocycles. The van der Waals surface area contributed by atoms with E-state index in [1.54, 1.807) is 6.07 Å². The van der Waals surface area contributed by atoms with E-state index in [9.17, 15) is 57.5 Å². The van der Waals surface area contributed by atoms with Gasteiger partial charge in [0.1, 0.15) is 16.7 Å². The monoisotopic (exact) mass is 766 g/mol. The number of rotatable bonds is 7. The second-order valence-corrected chi connectivity index (χ2v) is 15.5. The van der Waals surface area contributed by atoms with E-state index in [0.717, 1.165) is 36.4 Å². The largest absolute Gasteiger partial charge is 0.460 e. The van der Waals surface area contributed by atoms with Crippen molar-refractivity contribution < 1.29 is 79.5 Å². The second kappa shape index (κ2) is 10.5. The summed E-state index contributed by atoms with van der Waals surface area (Å²) >= 11 is -4.67. The van der Waals surface area contributed by atoms with E-state index in [1.807, 2.05) is 0 Å². The normalized spacial score (nSPS) is 13.8. The third-order valence-corrected chi connectivity index (χ3v) is 13.4. The van der Waals surface area contributed by atoms with Crippen molar-refractivity contribution in [2.24, 2.45) is 0 Å². The highest BCUT2D eigenvalue weighted by Crippen LogP contribution is 2.54. The summed E-state index contributed by atoms with van der Waals surface area (Å²) in [6.07, 6.45) is -7.28. The average molecular weight is 766 g/mol. The topological polar surface area (TPSA) is 104 Å². The smallest absolute Gasteiger partial charge is 0.456 e. The molecule has 5 aromatic rings. The van der Waals surface area contributed by atoms with Crippen molar-refractivity contribution in [1.29, 1.82) is 0 Å². The van der Waals surface area contributed by atoms with Crippen LogP contribution >= 0.6 is 0 Å². The first-order chi connectivity index (χ1) is 20.3. The van der Waals surface area contributed by atoms with Crippen molar-refractivity contribution >= 4 is 43.0 Å². The van der Waals surface area contributed by atoms with Crippen LogP contribution in [0.5, 0.6) is 0 Å². The molecule has 2 aromatic heterocycles. The van der Waals surface area contributed by atoms with Crippen LogP contribution in [-0.2, 0) is 12.6 Å². The zero-order chi connectivity index (χ0) is 32.5. The fraction of sp³-hybridized carbons (Fsp3) is 0.154. The molecule has 3 aromatic carbocycles. The van der Waals surface area contributed by atoms with Gasteiger partial charge in [0, 0.05) is 23.6 Å². The first-order valence-electron chi connectivity index (χ1n) is 11.6. The summed E-state index contributed by atoms with van der Waals surface area (Å²) in [6, 6.07) is 14.3. The molecule has 0 aliphatic carbocycles. The lowest BCUT2D eigenvalue weighted by atomic mass is 10.1. The fourth-order valence-electron chi connectivity index (χ4n) is 3.86. The van der Waals surface area contributed by atoms with Gasteiger partial charge in [0.2, 0.25) is 5.43 Å². The number of para-hydroxylation sites is 1. The predicted octanol–water partition coefficient (Wildman–Crippen LogP) is 3.40. The van der Waals surface area contributed by atoms with Crippen molar-refractivity contribution in [2.45, 2.75) is 23.3 Å². The molecule has 0 unspecified atom stereocenters. The standard InChI is InChI=1S/C26H12F9IO7S/c27-23(28,25(31,32)33)24(29,30)26(34,35)44(39,40)43-36(15-7-5-13-6-10-21(37)42-20(13)12-15)14-8-9-19-17(11-14)22(38)16-3-1-2-4-18(16)41-19/h1-12H/q+1. The van der Waals surface area contributed by atoms with Crippen molar-refractivity contribution in [3.8, 4) is 0 Å². The SMILES string of the molecule is O=c1ccc2ccc([I+](OS(=O)(=O)C(F)(F)C(F)(F)C(F)(F)C(F)(F)F)c3ccc4oc5ccccc5c(=O)c4c3)cc2o1. The molecule has 233 valence electrons. The lowest BCUT2D eigenvalue weighted by Crippen LogP contribution is -3.85. The summed E-state index contributed by atoms with van der Waals surface area (Å²) in [7, 11) is -7.30. The van der Waals surface area contributed by atoms with Gasteiger partial charge in [0.25, 0.3) is 0 Å². The summed E-state index contributed by atoms with van der Waals surface area (Å²) < 4.78 is 162. The summed E-state index contributed by atoms with van der Waals surface area (Å²) in [6.45, 7) is 0. The Morgan fingerprint density at radius 2 is 1.23 bits per heavy atom. The van der Waals surface area contributed by atoms with Gasteiger partial charge < -0.3 is 8.83 Å². The quantitative estimate of drug-likeness (QED) is 0.108. The summed E-state index contributed by atoms with van der Waals surface area (Å²) in [5.41, 5.74) is -1.86. The Kier molecular flexibility index (Phi) is 7.56. The number of benzene rings is 3. The van der Waals surface area contributed by atoms with Gasteiger partial charge >= 0.3 is 59.3 Å². The van der Waals surface area contributed by atoms with E-state index in [0.29, 0.717) is 0 Å². The van der Waals surface area contributed by atoms with E-state index >= 15 is 0 Å². The Bertz CT molecular complexity index is 2160. The first-order valence-corrected chi connectivity index (χ1v) is 16.1. The third-order valence-electron chi connectivity index (χ3n) is 6.10. The Balaban J connectivity index is 1.71. The van der Waals surface area contributed by atoms with Crippen LogP contribution in [0.1, 0.15) is 0 Å². The maximum absolute atomic E-state index is 14.7. The minimum Gasteiger partial charge on any atom is -0.456 e. The average Bonchev–Trinajstić information content (AvgIpc) is 2.94. The molecule has 0 saturated heterocycles. The van der Waals surface area contributed by atoms with Crippen LogP contribution in [0.2, 0.25) is 0 Å². The minimum absolute atomic E-state index is 0.0269. The van der Waals surface area contributed by atoms with Crippen LogP contribution in [0, 0.1) is 7.14 Å². The number of hydrogen-bond acceptors (Lipinski definition) is 7. The number of fused-ring (bicyclic) bond motifs is 3. The molecular formula is C26H12F9IO7S+. The Morgan fingerprint density at radius 3 is 1.91 bits per heavy atom. The number of hydrogen-bond donors (Lipinski definition) is 0. The van der Waals surface area contributed by atoms with Crippen molar-refractivity contribution in [2.75, 3.05) is 0 Å². The Hall–Kier alpha value is -3.65. The van der Waals surface area contributed by atoms with Crippen LogP contribution in [0.3, 0.4) is 0 Å². The fourth-order valence-corrected chi connectivity index (χ4v) is 10.9. The zero-order valence-corrected chi connectivity index (χ0v) is 23.9. The van der Waals surface area contributed by atoms with Crippen LogP contribution in [0.4, 0.5) is 39.5 Å². The molecule has 5 rings (SSSR count). The Morgan fingerprint density at radius 1 is 0.636 bits per heavy atom. The Labute approximate surface area is 245 Å². The highest BCUT2D eigenvalue weighted by Gasteiger charge is 2.86. The van der Waals surface area contributed by atoms with Gasteiger partial charge in [-0.2, -0.15) is 47.9 Å². The molecule has 0 bridgehead atoms. The maximum atomic E-state index is 14.7. The zero-order valence-electron chi connectivity index (χ0n) is 21.0. The van der Waals surface area contributed by atoms with Crippen LogP contribution in [-0.4, -0.2) is 31.7 Å². The molecule has 0 fully saturated rings. The van der Waals surface area contributed by atoms with Gasteiger partial charge in [0.05, 0.1) is 10.8 Å². The van der Waals surface area contributed by atoms with Crippen LogP contribution in [0.15, 0.2) is 91.2 Å². The highest BCUT2D eigenvalue weighted by molar-refractivity contribution is 7.87. The molecule has 0 amide bonds. The number of halogens is 10. The van der Waals surface area contributed by atoms with Crippen LogP contribution < -0.4 is 31.3 Å². The molecule has 7 nitrogen and oxygen atoms in total.